The van der Waals surface area contributed by atoms with Gasteiger partial charge >= 0.3 is 0 Å². The molecule has 0 unspecified atom stereocenters. The molecule has 2 aromatic rings. The maximum absolute atomic E-state index is 9.94. The van der Waals surface area contributed by atoms with Crippen molar-refractivity contribution in [2.24, 2.45) is 5.73 Å². The highest BCUT2D eigenvalue weighted by Gasteiger charge is 2.34. The number of rotatable bonds is 5. The van der Waals surface area contributed by atoms with Crippen LogP contribution in [0.3, 0.4) is 0 Å². The Morgan fingerprint density at radius 2 is 2.05 bits per heavy atom. The molecular formula is C17H24N4O. The zero-order chi connectivity index (χ0) is 15.5. The topological polar surface area (TPSA) is 77.0 Å². The van der Waals surface area contributed by atoms with Crippen LogP contribution in [0.15, 0.2) is 30.3 Å². The number of hydrogen-bond acceptors (Lipinski definition) is 4. The second kappa shape index (κ2) is 6.58. The molecule has 0 aliphatic heterocycles. The number of unbranched alkanes of at least 4 members (excludes halogenated alkanes) is 1. The van der Waals surface area contributed by atoms with E-state index in [0.717, 1.165) is 43.0 Å². The third kappa shape index (κ3) is 3.05. The molecule has 1 aliphatic rings. The first-order valence-corrected chi connectivity index (χ1v) is 8.12. The van der Waals surface area contributed by atoms with E-state index in [1.54, 1.807) is 0 Å². The van der Waals surface area contributed by atoms with Gasteiger partial charge in [-0.05, 0) is 19.3 Å². The van der Waals surface area contributed by atoms with Crippen LogP contribution in [0.4, 0.5) is 0 Å². The summed E-state index contributed by atoms with van der Waals surface area (Å²) in [6.45, 7) is 3.04. The van der Waals surface area contributed by atoms with E-state index in [-0.39, 0.29) is 12.0 Å². The Balaban J connectivity index is 1.91. The molecule has 118 valence electrons. The van der Waals surface area contributed by atoms with Crippen molar-refractivity contribution < 1.29 is 5.11 Å². The molecule has 5 nitrogen and oxygen atoms in total. The predicted molar refractivity (Wildman–Crippen MR) is 86.3 cm³/mol. The van der Waals surface area contributed by atoms with Crippen molar-refractivity contribution in [3.05, 3.63) is 36.2 Å². The average molecular weight is 300 g/mol. The Hall–Kier alpha value is -1.72. The number of aromatic nitrogens is 3. The van der Waals surface area contributed by atoms with E-state index in [9.17, 15) is 5.11 Å². The summed E-state index contributed by atoms with van der Waals surface area (Å²) >= 11 is 0. The first kappa shape index (κ1) is 15.2. The van der Waals surface area contributed by atoms with Crippen LogP contribution in [0.5, 0.6) is 0 Å². The maximum Gasteiger partial charge on any atom is 0.181 e. The standard InChI is InChI=1S/C17H24N4O/c1-2-3-9-21-17(13-10-14(18)15(22)11-13)19-16(20-21)12-7-5-4-6-8-12/h4-8,13-15,22H,2-3,9-11,18H2,1H3/t13-,14+,15+/m0/s1. The summed E-state index contributed by atoms with van der Waals surface area (Å²) in [5, 5.41) is 14.6. The van der Waals surface area contributed by atoms with Gasteiger partial charge in [0.15, 0.2) is 5.82 Å². The molecule has 0 radical (unpaired) electrons. The van der Waals surface area contributed by atoms with Gasteiger partial charge in [0.2, 0.25) is 0 Å². The fraction of sp³-hybridized carbons (Fsp3) is 0.529. The van der Waals surface area contributed by atoms with Crippen molar-refractivity contribution >= 4 is 0 Å². The fourth-order valence-electron chi connectivity index (χ4n) is 3.10. The lowest BCUT2D eigenvalue weighted by Crippen LogP contribution is -2.28. The van der Waals surface area contributed by atoms with Crippen LogP contribution in [-0.2, 0) is 6.54 Å². The van der Waals surface area contributed by atoms with E-state index < -0.39 is 6.10 Å². The molecule has 0 spiro atoms. The molecule has 5 heteroatoms. The third-order valence-electron chi connectivity index (χ3n) is 4.40. The number of nitrogens with two attached hydrogens (primary N) is 1. The monoisotopic (exact) mass is 300 g/mol. The van der Waals surface area contributed by atoms with Crippen molar-refractivity contribution in [1.29, 1.82) is 0 Å². The van der Waals surface area contributed by atoms with Gasteiger partial charge in [0.05, 0.1) is 6.10 Å². The van der Waals surface area contributed by atoms with Crippen LogP contribution in [0.1, 0.15) is 44.3 Å². The molecule has 1 aliphatic carbocycles. The number of nitrogens with zero attached hydrogens (tertiary/aromatic N) is 3. The highest BCUT2D eigenvalue weighted by molar-refractivity contribution is 5.54. The quantitative estimate of drug-likeness (QED) is 0.888. The van der Waals surface area contributed by atoms with Gasteiger partial charge < -0.3 is 10.8 Å². The largest absolute Gasteiger partial charge is 0.391 e. The summed E-state index contributed by atoms with van der Waals surface area (Å²) in [5.41, 5.74) is 7.00. The van der Waals surface area contributed by atoms with Crippen LogP contribution in [0, 0.1) is 0 Å². The summed E-state index contributed by atoms with van der Waals surface area (Å²) in [6, 6.07) is 9.89. The molecule has 0 saturated heterocycles. The Bertz CT molecular complexity index is 600. The van der Waals surface area contributed by atoms with Gasteiger partial charge in [-0.2, -0.15) is 5.10 Å². The zero-order valence-corrected chi connectivity index (χ0v) is 13.0. The first-order valence-electron chi connectivity index (χ1n) is 8.12. The van der Waals surface area contributed by atoms with E-state index in [2.05, 4.69) is 6.92 Å². The summed E-state index contributed by atoms with van der Waals surface area (Å²) in [6.07, 6.45) is 3.22. The fourth-order valence-corrected chi connectivity index (χ4v) is 3.10. The summed E-state index contributed by atoms with van der Waals surface area (Å²) < 4.78 is 2.02. The lowest BCUT2D eigenvalue weighted by molar-refractivity contribution is 0.163. The molecule has 1 aromatic heterocycles. The highest BCUT2D eigenvalue weighted by atomic mass is 16.3. The number of hydrogen-bond donors (Lipinski definition) is 2. The second-order valence-corrected chi connectivity index (χ2v) is 6.14. The summed E-state index contributed by atoms with van der Waals surface area (Å²) in [4.78, 5) is 4.77. The van der Waals surface area contributed by atoms with Gasteiger partial charge in [0.1, 0.15) is 5.82 Å². The number of aryl methyl sites for hydroxylation is 1. The number of aliphatic hydroxyl groups is 1. The number of benzene rings is 1. The maximum atomic E-state index is 9.94. The van der Waals surface area contributed by atoms with Gasteiger partial charge in [-0.15, -0.1) is 0 Å². The second-order valence-electron chi connectivity index (χ2n) is 6.14. The number of aliphatic hydroxyl groups excluding tert-OH is 1. The lowest BCUT2D eigenvalue weighted by Gasteiger charge is -2.10. The Morgan fingerprint density at radius 3 is 2.68 bits per heavy atom. The molecule has 0 bridgehead atoms. The molecule has 3 N–H and O–H groups in total. The van der Waals surface area contributed by atoms with Crippen LogP contribution >= 0.6 is 0 Å². The van der Waals surface area contributed by atoms with Crippen LogP contribution in [-0.4, -0.2) is 32.0 Å². The minimum Gasteiger partial charge on any atom is -0.391 e. The molecule has 22 heavy (non-hydrogen) atoms. The minimum atomic E-state index is -0.429. The smallest absolute Gasteiger partial charge is 0.181 e. The Kier molecular flexibility index (Phi) is 4.55. The van der Waals surface area contributed by atoms with Crippen molar-refractivity contribution in [2.75, 3.05) is 0 Å². The van der Waals surface area contributed by atoms with Crippen molar-refractivity contribution in [3.63, 3.8) is 0 Å². The predicted octanol–water partition coefficient (Wildman–Crippen LogP) is 2.31. The van der Waals surface area contributed by atoms with E-state index in [4.69, 9.17) is 15.8 Å². The molecular weight excluding hydrogens is 276 g/mol. The van der Waals surface area contributed by atoms with Crippen molar-refractivity contribution in [1.82, 2.24) is 14.8 Å². The van der Waals surface area contributed by atoms with E-state index >= 15 is 0 Å². The third-order valence-corrected chi connectivity index (χ3v) is 4.40. The van der Waals surface area contributed by atoms with Gasteiger partial charge in [0, 0.05) is 24.1 Å². The first-order chi connectivity index (χ1) is 10.7. The van der Waals surface area contributed by atoms with Crippen LogP contribution < -0.4 is 5.73 Å². The van der Waals surface area contributed by atoms with Crippen LogP contribution in [0.25, 0.3) is 11.4 Å². The molecule has 1 heterocycles. The highest BCUT2D eigenvalue weighted by Crippen LogP contribution is 2.34. The van der Waals surface area contributed by atoms with Gasteiger partial charge in [0.25, 0.3) is 0 Å². The normalized spacial score (nSPS) is 24.8. The van der Waals surface area contributed by atoms with Gasteiger partial charge in [-0.25, -0.2) is 9.67 Å². The van der Waals surface area contributed by atoms with Gasteiger partial charge in [-0.3, -0.25) is 0 Å². The Labute approximate surface area is 131 Å². The summed E-state index contributed by atoms with van der Waals surface area (Å²) in [5.74, 6) is 1.94. The SMILES string of the molecule is CCCCn1nc(-c2ccccc2)nc1[C@H]1C[C@@H](N)[C@H](O)C1. The minimum absolute atomic E-state index is 0.151. The Morgan fingerprint density at radius 1 is 1.27 bits per heavy atom. The van der Waals surface area contributed by atoms with Crippen LogP contribution in [0.2, 0.25) is 0 Å². The molecule has 3 rings (SSSR count). The molecule has 1 aromatic carbocycles. The summed E-state index contributed by atoms with van der Waals surface area (Å²) in [7, 11) is 0. The van der Waals surface area contributed by atoms with Crippen molar-refractivity contribution in [3.8, 4) is 11.4 Å². The molecule has 3 atom stereocenters. The molecule has 1 fully saturated rings. The molecule has 0 amide bonds. The van der Waals surface area contributed by atoms with E-state index in [1.165, 1.54) is 0 Å². The van der Waals surface area contributed by atoms with E-state index in [0.29, 0.717) is 6.42 Å². The van der Waals surface area contributed by atoms with Gasteiger partial charge in [-0.1, -0.05) is 43.7 Å². The zero-order valence-electron chi connectivity index (χ0n) is 13.0. The van der Waals surface area contributed by atoms with Crippen molar-refractivity contribution in [2.45, 2.75) is 57.2 Å². The molecule has 1 saturated carbocycles. The lowest BCUT2D eigenvalue weighted by atomic mass is 10.1. The van der Waals surface area contributed by atoms with E-state index in [1.807, 2.05) is 35.0 Å². The average Bonchev–Trinajstić information content (AvgIpc) is 3.10.